The van der Waals surface area contributed by atoms with E-state index >= 15 is 0 Å². The molecule has 0 saturated carbocycles. The number of ether oxygens (including phenoxy) is 1. The highest BCUT2D eigenvalue weighted by Crippen LogP contribution is 2.38. The lowest BCUT2D eigenvalue weighted by atomic mass is 9.96. The molecule has 1 amide bonds. The van der Waals surface area contributed by atoms with Gasteiger partial charge in [-0.25, -0.2) is 4.39 Å². The minimum Gasteiger partial charge on any atom is -0.503 e. The van der Waals surface area contributed by atoms with Crippen LogP contribution in [0.2, 0.25) is 0 Å². The number of carbonyl (C=O) groups excluding carboxylic acids is 2. The molecule has 1 aromatic carbocycles. The van der Waals surface area contributed by atoms with Crippen LogP contribution in [0.25, 0.3) is 0 Å². The summed E-state index contributed by atoms with van der Waals surface area (Å²) in [4.78, 5) is 25.7. The molecule has 2 unspecified atom stereocenters. The predicted octanol–water partition coefficient (Wildman–Crippen LogP) is 2.29. The van der Waals surface area contributed by atoms with Crippen LogP contribution in [0.4, 0.5) is 4.39 Å². The molecule has 0 spiro atoms. The zero-order valence-corrected chi connectivity index (χ0v) is 12.8. The molecular weight excluding hydrogens is 301 g/mol. The molecule has 2 atom stereocenters. The highest BCUT2D eigenvalue weighted by atomic mass is 19.1. The highest BCUT2D eigenvalue weighted by Gasteiger charge is 2.43. The maximum absolute atomic E-state index is 13.6. The van der Waals surface area contributed by atoms with Gasteiger partial charge in [-0.05, 0) is 37.5 Å². The number of nitrogens with zero attached hydrogens (tertiary/aromatic N) is 1. The molecule has 0 aromatic heterocycles. The van der Waals surface area contributed by atoms with Gasteiger partial charge in [0.1, 0.15) is 5.82 Å². The average molecular weight is 319 g/mol. The number of aliphatic hydroxyl groups excluding tert-OH is 1. The monoisotopic (exact) mass is 319 g/mol. The van der Waals surface area contributed by atoms with Crippen molar-refractivity contribution in [2.24, 2.45) is 0 Å². The predicted molar refractivity (Wildman–Crippen MR) is 80.2 cm³/mol. The summed E-state index contributed by atoms with van der Waals surface area (Å²) in [7, 11) is 0. The second-order valence-corrected chi connectivity index (χ2v) is 5.87. The number of rotatable bonds is 4. The maximum Gasteiger partial charge on any atom is 0.290 e. The van der Waals surface area contributed by atoms with Crippen LogP contribution in [0.5, 0.6) is 0 Å². The molecule has 0 aliphatic carbocycles. The Hall–Kier alpha value is -2.21. The number of halogens is 1. The molecule has 2 aliphatic rings. The number of ketones is 1. The fourth-order valence-corrected chi connectivity index (χ4v) is 3.23. The molecule has 1 fully saturated rings. The van der Waals surface area contributed by atoms with Gasteiger partial charge in [0.2, 0.25) is 0 Å². The van der Waals surface area contributed by atoms with E-state index in [1.165, 1.54) is 30.0 Å². The number of Topliss-reactive ketones (excluding diaryl/α,β-unsaturated/α-hetero) is 1. The summed E-state index contributed by atoms with van der Waals surface area (Å²) in [5, 5.41) is 10.1. The molecular formula is C17H18FNO4. The van der Waals surface area contributed by atoms with Gasteiger partial charge < -0.3 is 14.7 Å². The Morgan fingerprint density at radius 2 is 2.26 bits per heavy atom. The van der Waals surface area contributed by atoms with E-state index < -0.39 is 29.3 Å². The van der Waals surface area contributed by atoms with E-state index in [1.807, 2.05) is 0 Å². The Kier molecular flexibility index (Phi) is 4.17. The van der Waals surface area contributed by atoms with Crippen LogP contribution in [0.1, 0.15) is 31.4 Å². The standard InChI is InChI=1S/C17H18FNO4/c1-10(20)14-15(11-4-2-5-12(18)8-11)19(17(22)16(14)21)9-13-6-3-7-23-13/h2,4-5,8,13,15,21H,3,6-7,9H2,1H3. The Bertz CT molecular complexity index is 679. The van der Waals surface area contributed by atoms with Gasteiger partial charge in [-0.1, -0.05) is 12.1 Å². The number of aliphatic hydroxyl groups is 1. The normalized spacial score (nSPS) is 24.6. The van der Waals surface area contributed by atoms with E-state index in [4.69, 9.17) is 4.74 Å². The Morgan fingerprint density at radius 1 is 1.48 bits per heavy atom. The molecule has 5 nitrogen and oxygen atoms in total. The summed E-state index contributed by atoms with van der Waals surface area (Å²) in [6.07, 6.45) is 1.60. The van der Waals surface area contributed by atoms with Crippen molar-refractivity contribution >= 4 is 11.7 Å². The minimum atomic E-state index is -0.778. The van der Waals surface area contributed by atoms with Crippen molar-refractivity contribution in [1.82, 2.24) is 4.90 Å². The number of hydrogen-bond acceptors (Lipinski definition) is 4. The molecule has 3 rings (SSSR count). The van der Waals surface area contributed by atoms with E-state index in [2.05, 4.69) is 0 Å². The van der Waals surface area contributed by atoms with Crippen molar-refractivity contribution in [1.29, 1.82) is 0 Å². The Labute approximate surface area is 133 Å². The topological polar surface area (TPSA) is 66.8 Å². The first kappa shape index (κ1) is 15.7. The van der Waals surface area contributed by atoms with Crippen LogP contribution < -0.4 is 0 Å². The van der Waals surface area contributed by atoms with Gasteiger partial charge >= 0.3 is 0 Å². The van der Waals surface area contributed by atoms with Crippen molar-refractivity contribution in [3.8, 4) is 0 Å². The number of amides is 1. The fraction of sp³-hybridized carbons (Fsp3) is 0.412. The zero-order chi connectivity index (χ0) is 16.6. The van der Waals surface area contributed by atoms with Gasteiger partial charge in [0.15, 0.2) is 11.5 Å². The molecule has 1 N–H and O–H groups in total. The molecule has 6 heteroatoms. The van der Waals surface area contributed by atoms with Gasteiger partial charge in [-0.15, -0.1) is 0 Å². The van der Waals surface area contributed by atoms with E-state index in [-0.39, 0.29) is 18.2 Å². The van der Waals surface area contributed by atoms with Crippen molar-refractivity contribution in [2.75, 3.05) is 13.2 Å². The molecule has 122 valence electrons. The summed E-state index contributed by atoms with van der Waals surface area (Å²) in [6.45, 7) is 2.19. The summed E-state index contributed by atoms with van der Waals surface area (Å²) < 4.78 is 19.1. The van der Waals surface area contributed by atoms with Crippen LogP contribution in [0, 0.1) is 5.82 Å². The van der Waals surface area contributed by atoms with Crippen molar-refractivity contribution in [3.63, 3.8) is 0 Å². The van der Waals surface area contributed by atoms with E-state index in [0.717, 1.165) is 12.8 Å². The Balaban J connectivity index is 2.00. The quantitative estimate of drug-likeness (QED) is 0.924. The third kappa shape index (κ3) is 2.86. The zero-order valence-electron chi connectivity index (χ0n) is 12.8. The van der Waals surface area contributed by atoms with Gasteiger partial charge in [0, 0.05) is 13.2 Å². The number of hydrogen-bond donors (Lipinski definition) is 1. The second kappa shape index (κ2) is 6.12. The maximum atomic E-state index is 13.6. The van der Waals surface area contributed by atoms with Gasteiger partial charge in [-0.3, -0.25) is 9.59 Å². The Morgan fingerprint density at radius 3 is 2.87 bits per heavy atom. The van der Waals surface area contributed by atoms with Gasteiger partial charge in [0.25, 0.3) is 5.91 Å². The highest BCUT2D eigenvalue weighted by molar-refractivity contribution is 6.08. The first-order valence-corrected chi connectivity index (χ1v) is 7.61. The molecule has 2 aliphatic heterocycles. The van der Waals surface area contributed by atoms with Crippen molar-refractivity contribution in [2.45, 2.75) is 31.9 Å². The largest absolute Gasteiger partial charge is 0.503 e. The van der Waals surface area contributed by atoms with E-state index in [1.54, 1.807) is 6.07 Å². The van der Waals surface area contributed by atoms with E-state index in [0.29, 0.717) is 12.2 Å². The van der Waals surface area contributed by atoms with Crippen LogP contribution in [-0.2, 0) is 14.3 Å². The SMILES string of the molecule is CC(=O)C1=C(O)C(=O)N(CC2CCCO2)C1c1cccc(F)c1. The number of benzene rings is 1. The third-order valence-corrected chi connectivity index (χ3v) is 4.27. The second-order valence-electron chi connectivity index (χ2n) is 5.87. The van der Waals surface area contributed by atoms with Gasteiger partial charge in [0.05, 0.1) is 17.7 Å². The van der Waals surface area contributed by atoms with Crippen LogP contribution >= 0.6 is 0 Å². The summed E-state index contributed by atoms with van der Waals surface area (Å²) in [5.41, 5.74) is 0.476. The third-order valence-electron chi connectivity index (χ3n) is 4.27. The minimum absolute atomic E-state index is 0.0126. The molecule has 1 aromatic rings. The summed E-state index contributed by atoms with van der Waals surface area (Å²) in [5.74, 6) is -2.02. The molecule has 1 saturated heterocycles. The van der Waals surface area contributed by atoms with E-state index in [9.17, 15) is 19.1 Å². The lowest BCUT2D eigenvalue weighted by Crippen LogP contribution is -2.37. The molecule has 0 radical (unpaired) electrons. The fourth-order valence-electron chi connectivity index (χ4n) is 3.23. The van der Waals surface area contributed by atoms with Crippen molar-refractivity contribution in [3.05, 3.63) is 47.0 Å². The lowest BCUT2D eigenvalue weighted by Gasteiger charge is -2.28. The average Bonchev–Trinajstić information content (AvgIpc) is 3.09. The summed E-state index contributed by atoms with van der Waals surface area (Å²) >= 11 is 0. The van der Waals surface area contributed by atoms with Crippen LogP contribution in [-0.4, -0.2) is 41.0 Å². The smallest absolute Gasteiger partial charge is 0.290 e. The lowest BCUT2D eigenvalue weighted by molar-refractivity contribution is -0.131. The van der Waals surface area contributed by atoms with Gasteiger partial charge in [-0.2, -0.15) is 0 Å². The first-order chi connectivity index (χ1) is 11.0. The molecule has 2 heterocycles. The van der Waals surface area contributed by atoms with Crippen LogP contribution in [0.3, 0.4) is 0 Å². The number of carbonyl (C=O) groups is 2. The molecule has 0 bridgehead atoms. The van der Waals surface area contributed by atoms with Crippen LogP contribution in [0.15, 0.2) is 35.6 Å². The first-order valence-electron chi connectivity index (χ1n) is 7.61. The summed E-state index contributed by atoms with van der Waals surface area (Å²) in [6, 6.07) is 4.96. The molecule has 23 heavy (non-hydrogen) atoms. The van der Waals surface area contributed by atoms with Crippen molar-refractivity contribution < 1.29 is 23.8 Å².